The number of carbonyl (C=O) groups excluding carboxylic acids is 1. The van der Waals surface area contributed by atoms with Gasteiger partial charge >= 0.3 is 6.09 Å². The molecule has 0 saturated heterocycles. The molecule has 4 saturated carbocycles. The largest absolute Gasteiger partial charge is 0.445 e. The van der Waals surface area contributed by atoms with Gasteiger partial charge in [0, 0.05) is 6.54 Å². The molecule has 0 aliphatic heterocycles. The lowest BCUT2D eigenvalue weighted by Gasteiger charge is -2.60. The summed E-state index contributed by atoms with van der Waals surface area (Å²) in [6.45, 7) is 1.94. The van der Waals surface area contributed by atoms with E-state index in [2.05, 4.69) is 5.32 Å². The van der Waals surface area contributed by atoms with E-state index < -0.39 is 0 Å². The average Bonchev–Trinajstić information content (AvgIpc) is 2.59. The van der Waals surface area contributed by atoms with Crippen molar-refractivity contribution in [3.63, 3.8) is 0 Å². The van der Waals surface area contributed by atoms with Gasteiger partial charge in [0.05, 0.1) is 0 Å². The molecule has 4 aliphatic carbocycles. The SMILES string of the molecule is NCC1[C@@H]2CC3C[C@H]1CC(CNC(=O)OCc1ccccc1)(C3)C2. The first-order chi connectivity index (χ1) is 11.7. The summed E-state index contributed by atoms with van der Waals surface area (Å²) < 4.78 is 5.36. The second kappa shape index (κ2) is 6.40. The number of alkyl carbamates (subject to hydrolysis) is 1. The summed E-state index contributed by atoms with van der Waals surface area (Å²) in [6, 6.07) is 9.82. The summed E-state index contributed by atoms with van der Waals surface area (Å²) in [7, 11) is 0. The van der Waals surface area contributed by atoms with Crippen LogP contribution in [0.3, 0.4) is 0 Å². The predicted molar refractivity (Wildman–Crippen MR) is 93.2 cm³/mol. The summed E-state index contributed by atoms with van der Waals surface area (Å²) in [5.74, 6) is 3.14. The van der Waals surface area contributed by atoms with Crippen LogP contribution in [0.25, 0.3) is 0 Å². The van der Waals surface area contributed by atoms with Crippen molar-refractivity contribution in [3.05, 3.63) is 35.9 Å². The maximum absolute atomic E-state index is 12.1. The number of carbonyl (C=O) groups is 1. The van der Waals surface area contributed by atoms with Crippen molar-refractivity contribution in [1.29, 1.82) is 0 Å². The van der Waals surface area contributed by atoms with Gasteiger partial charge in [0.1, 0.15) is 6.61 Å². The number of nitrogens with two attached hydrogens (primary N) is 1. The van der Waals surface area contributed by atoms with Crippen LogP contribution in [-0.2, 0) is 11.3 Å². The van der Waals surface area contributed by atoms with Crippen molar-refractivity contribution in [2.45, 2.75) is 38.7 Å². The normalized spacial score (nSPS) is 36.5. The molecule has 1 aromatic rings. The fourth-order valence-electron chi connectivity index (χ4n) is 5.93. The Morgan fingerprint density at radius 2 is 1.88 bits per heavy atom. The van der Waals surface area contributed by atoms with Crippen LogP contribution in [0.5, 0.6) is 0 Å². The second-order valence-electron chi connectivity index (χ2n) is 8.28. The smallest absolute Gasteiger partial charge is 0.407 e. The zero-order valence-electron chi connectivity index (χ0n) is 14.2. The molecule has 1 amide bonds. The quantitative estimate of drug-likeness (QED) is 0.871. The summed E-state index contributed by atoms with van der Waals surface area (Å²) >= 11 is 0. The van der Waals surface area contributed by atoms with Crippen LogP contribution >= 0.6 is 0 Å². The minimum atomic E-state index is -0.287. The van der Waals surface area contributed by atoms with E-state index in [1.165, 1.54) is 32.1 Å². The first-order valence-corrected chi connectivity index (χ1v) is 9.32. The Morgan fingerprint density at radius 1 is 1.17 bits per heavy atom. The van der Waals surface area contributed by atoms with Gasteiger partial charge in [-0.15, -0.1) is 0 Å². The third kappa shape index (κ3) is 3.04. The van der Waals surface area contributed by atoms with Crippen molar-refractivity contribution in [2.24, 2.45) is 34.8 Å². The molecule has 0 spiro atoms. The highest BCUT2D eigenvalue weighted by molar-refractivity contribution is 5.67. The van der Waals surface area contributed by atoms with Gasteiger partial charge in [0.25, 0.3) is 0 Å². The Bertz CT molecular complexity index is 573. The summed E-state index contributed by atoms with van der Waals surface area (Å²) in [5.41, 5.74) is 7.35. The fraction of sp³-hybridized carbons (Fsp3) is 0.650. The highest BCUT2D eigenvalue weighted by Gasteiger charge is 2.54. The predicted octanol–water partition coefficient (Wildman–Crippen LogP) is 3.31. The molecule has 0 heterocycles. The van der Waals surface area contributed by atoms with Gasteiger partial charge in [-0.3, -0.25) is 0 Å². The number of amides is 1. The maximum Gasteiger partial charge on any atom is 0.407 e. The van der Waals surface area contributed by atoms with Crippen LogP contribution in [0.4, 0.5) is 4.79 Å². The zero-order chi connectivity index (χ0) is 16.6. The first-order valence-electron chi connectivity index (χ1n) is 9.32. The summed E-state index contributed by atoms with van der Waals surface area (Å²) in [4.78, 5) is 12.1. The van der Waals surface area contributed by atoms with Crippen LogP contribution in [0.1, 0.15) is 37.7 Å². The molecular formula is C20H28N2O2. The molecule has 3 unspecified atom stereocenters. The van der Waals surface area contributed by atoms with Crippen molar-refractivity contribution >= 4 is 6.09 Å². The number of ether oxygens (including phenoxy) is 1. The van der Waals surface area contributed by atoms with Gasteiger partial charge in [-0.1, -0.05) is 30.3 Å². The molecule has 4 heteroatoms. The number of nitrogens with one attached hydrogen (secondary N) is 1. The Hall–Kier alpha value is -1.55. The van der Waals surface area contributed by atoms with E-state index in [0.29, 0.717) is 12.0 Å². The second-order valence-corrected chi connectivity index (χ2v) is 8.28. The monoisotopic (exact) mass is 328 g/mol. The summed E-state index contributed by atoms with van der Waals surface area (Å²) in [5, 5.41) is 3.05. The van der Waals surface area contributed by atoms with Crippen LogP contribution in [0.2, 0.25) is 0 Å². The third-order valence-electron chi connectivity index (χ3n) is 6.69. The van der Waals surface area contributed by atoms with Gasteiger partial charge in [-0.25, -0.2) is 4.79 Å². The fourth-order valence-corrected chi connectivity index (χ4v) is 5.93. The van der Waals surface area contributed by atoms with Crippen molar-refractivity contribution in [2.75, 3.05) is 13.1 Å². The number of hydrogen-bond donors (Lipinski definition) is 2. The van der Waals surface area contributed by atoms with E-state index in [1.54, 1.807) is 0 Å². The first kappa shape index (κ1) is 15.9. The number of hydrogen-bond acceptors (Lipinski definition) is 3. The van der Waals surface area contributed by atoms with Gasteiger partial charge in [-0.05, 0) is 73.3 Å². The van der Waals surface area contributed by atoms with E-state index in [0.717, 1.165) is 42.3 Å². The number of rotatable bonds is 5. The topological polar surface area (TPSA) is 64.3 Å². The highest BCUT2D eigenvalue weighted by atomic mass is 16.5. The van der Waals surface area contributed by atoms with Crippen LogP contribution < -0.4 is 11.1 Å². The standard InChI is InChI=1S/C20H28N2O2/c21-11-18-16-6-15-7-17(18)10-20(8-15,9-16)13-22-19(23)24-12-14-4-2-1-3-5-14/h1-5,15-18H,6-13,21H2,(H,22,23)/t15?,16-,17+,18?,20?. The third-order valence-corrected chi connectivity index (χ3v) is 6.69. The van der Waals surface area contributed by atoms with Crippen molar-refractivity contribution < 1.29 is 9.53 Å². The van der Waals surface area contributed by atoms with E-state index >= 15 is 0 Å². The average molecular weight is 328 g/mol. The molecule has 5 rings (SSSR count). The Morgan fingerprint density at radius 3 is 2.54 bits per heavy atom. The van der Waals surface area contributed by atoms with Crippen molar-refractivity contribution in [3.8, 4) is 0 Å². The molecule has 130 valence electrons. The molecule has 0 aromatic heterocycles. The van der Waals surface area contributed by atoms with Crippen molar-refractivity contribution in [1.82, 2.24) is 5.32 Å². The highest BCUT2D eigenvalue weighted by Crippen LogP contribution is 2.61. The molecule has 3 N–H and O–H groups in total. The van der Waals surface area contributed by atoms with E-state index in [9.17, 15) is 4.79 Å². The van der Waals surface area contributed by atoms with Gasteiger partial charge in [0.2, 0.25) is 0 Å². The lowest BCUT2D eigenvalue weighted by molar-refractivity contribution is -0.0900. The molecular weight excluding hydrogens is 300 g/mol. The Kier molecular flexibility index (Phi) is 4.25. The zero-order valence-corrected chi connectivity index (χ0v) is 14.2. The van der Waals surface area contributed by atoms with Gasteiger partial charge < -0.3 is 15.8 Å². The van der Waals surface area contributed by atoms with E-state index in [-0.39, 0.29) is 6.09 Å². The lowest BCUT2D eigenvalue weighted by atomic mass is 9.46. The molecule has 5 atom stereocenters. The Balaban J connectivity index is 1.30. The molecule has 1 aromatic carbocycles. The molecule has 4 bridgehead atoms. The molecule has 4 aliphatic rings. The van der Waals surface area contributed by atoms with Crippen LogP contribution in [0.15, 0.2) is 30.3 Å². The van der Waals surface area contributed by atoms with Crippen LogP contribution in [-0.4, -0.2) is 19.2 Å². The van der Waals surface area contributed by atoms with E-state index in [1.807, 2.05) is 30.3 Å². The Labute approximate surface area is 144 Å². The summed E-state index contributed by atoms with van der Waals surface area (Å²) in [6.07, 6.45) is 6.18. The molecule has 4 nitrogen and oxygen atoms in total. The lowest BCUT2D eigenvalue weighted by Crippen LogP contribution is -2.56. The molecule has 0 radical (unpaired) electrons. The minimum absolute atomic E-state index is 0.287. The molecule has 4 fully saturated rings. The van der Waals surface area contributed by atoms with Gasteiger partial charge in [0.15, 0.2) is 0 Å². The van der Waals surface area contributed by atoms with Crippen LogP contribution in [0, 0.1) is 29.1 Å². The minimum Gasteiger partial charge on any atom is -0.445 e. The number of benzene rings is 1. The van der Waals surface area contributed by atoms with E-state index in [4.69, 9.17) is 10.5 Å². The maximum atomic E-state index is 12.1. The molecule has 24 heavy (non-hydrogen) atoms. The van der Waals surface area contributed by atoms with Gasteiger partial charge in [-0.2, -0.15) is 0 Å².